The third kappa shape index (κ3) is 5.10. The van der Waals surface area contributed by atoms with Gasteiger partial charge >= 0.3 is 6.09 Å². The Morgan fingerprint density at radius 1 is 1.26 bits per heavy atom. The molecule has 4 rings (SSSR count). The number of amides is 1. The zero-order chi connectivity index (χ0) is 25.5. The first-order chi connectivity index (χ1) is 16.5. The highest BCUT2D eigenvalue weighted by Crippen LogP contribution is 2.43. The van der Waals surface area contributed by atoms with E-state index in [2.05, 4.69) is 4.98 Å². The van der Waals surface area contributed by atoms with Crippen molar-refractivity contribution in [1.82, 2.24) is 14.8 Å². The highest BCUT2D eigenvalue weighted by atomic mass is 19.1. The maximum Gasteiger partial charge on any atom is 0.407 e. The van der Waals surface area contributed by atoms with Crippen LogP contribution in [-0.2, 0) is 6.42 Å². The summed E-state index contributed by atoms with van der Waals surface area (Å²) in [6.07, 6.45) is -0.509. The molecule has 0 radical (unpaired) electrons. The number of aromatic nitrogens is 1. The Hall–Kier alpha value is -3.20. The van der Waals surface area contributed by atoms with Gasteiger partial charge in [0.25, 0.3) is 0 Å². The van der Waals surface area contributed by atoms with E-state index in [1.165, 1.54) is 20.9 Å². The van der Waals surface area contributed by atoms with Crippen molar-refractivity contribution in [3.05, 3.63) is 64.9 Å². The average molecular weight is 490 g/mol. The maximum absolute atomic E-state index is 15.5. The number of hydrogen-bond donors (Lipinski definition) is 2. The fourth-order valence-corrected chi connectivity index (χ4v) is 4.80. The molecule has 6 nitrogen and oxygen atoms in total. The van der Waals surface area contributed by atoms with E-state index in [1.807, 2.05) is 36.1 Å². The van der Waals surface area contributed by atoms with Crippen LogP contribution in [0, 0.1) is 11.6 Å². The van der Waals surface area contributed by atoms with Gasteiger partial charge in [0.2, 0.25) is 0 Å². The minimum Gasteiger partial charge on any atom is -0.492 e. The quantitative estimate of drug-likeness (QED) is 0.459. The number of para-hydroxylation sites is 1. The molecule has 0 saturated carbocycles. The molecule has 0 saturated heterocycles. The van der Waals surface area contributed by atoms with Gasteiger partial charge in [-0.15, -0.1) is 0 Å². The SMILES string of the molecule is C[C@@H]1Cc2c([nH]c3ccccc23)[C@@H](c2c(F)cc(OCCN(C)C(=O)O)cc2F)N1CC(C)(C)F. The summed E-state index contributed by atoms with van der Waals surface area (Å²) in [7, 11) is 1.37. The van der Waals surface area contributed by atoms with Crippen LogP contribution in [0.15, 0.2) is 36.4 Å². The van der Waals surface area contributed by atoms with Gasteiger partial charge in [0.05, 0.1) is 12.6 Å². The minimum absolute atomic E-state index is 0.00765. The number of rotatable bonds is 7. The molecule has 3 aromatic rings. The monoisotopic (exact) mass is 489 g/mol. The Kier molecular flexibility index (Phi) is 6.73. The smallest absolute Gasteiger partial charge is 0.407 e. The summed E-state index contributed by atoms with van der Waals surface area (Å²) < 4.78 is 51.3. The predicted molar refractivity (Wildman–Crippen MR) is 128 cm³/mol. The Bertz CT molecular complexity index is 1210. The number of hydrogen-bond acceptors (Lipinski definition) is 3. The van der Waals surface area contributed by atoms with Gasteiger partial charge in [-0.1, -0.05) is 18.2 Å². The maximum atomic E-state index is 15.5. The second kappa shape index (κ2) is 9.45. The average Bonchev–Trinajstić information content (AvgIpc) is 3.12. The number of carboxylic acid groups (broad SMARTS) is 1. The van der Waals surface area contributed by atoms with E-state index in [4.69, 9.17) is 9.84 Å². The van der Waals surface area contributed by atoms with Crippen LogP contribution in [0.2, 0.25) is 0 Å². The number of alkyl halides is 1. The molecule has 2 heterocycles. The third-order valence-corrected chi connectivity index (χ3v) is 6.42. The molecule has 1 aromatic heterocycles. The topological polar surface area (TPSA) is 68.8 Å². The van der Waals surface area contributed by atoms with Crippen molar-refractivity contribution >= 4 is 17.0 Å². The predicted octanol–water partition coefficient (Wildman–Crippen LogP) is 5.52. The fourth-order valence-electron chi connectivity index (χ4n) is 4.80. The summed E-state index contributed by atoms with van der Waals surface area (Å²) >= 11 is 0. The molecule has 0 unspecified atom stereocenters. The van der Waals surface area contributed by atoms with Crippen LogP contribution >= 0.6 is 0 Å². The molecular formula is C26H30F3N3O3. The zero-order valence-electron chi connectivity index (χ0n) is 20.2. The highest BCUT2D eigenvalue weighted by Gasteiger charge is 2.41. The standard InChI is InChI=1S/C26H30F3N3O3/c1-15-11-18-17-7-5-6-8-21(17)30-23(18)24(32(15)14-26(2,3)29)22-19(27)12-16(13-20(22)28)35-10-9-31(4)25(33)34/h5-8,12-13,15,24,30H,9-11,14H2,1-4H3,(H,33,34)/t15-,24-/m1/s1. The highest BCUT2D eigenvalue weighted by molar-refractivity contribution is 5.85. The molecule has 0 aliphatic carbocycles. The van der Waals surface area contributed by atoms with E-state index in [0.717, 1.165) is 33.5 Å². The third-order valence-electron chi connectivity index (χ3n) is 6.42. The van der Waals surface area contributed by atoms with Crippen LogP contribution in [0.3, 0.4) is 0 Å². The van der Waals surface area contributed by atoms with E-state index in [0.29, 0.717) is 12.1 Å². The molecule has 0 bridgehead atoms. The van der Waals surface area contributed by atoms with Crippen molar-refractivity contribution in [3.8, 4) is 5.75 Å². The minimum atomic E-state index is -1.58. The summed E-state index contributed by atoms with van der Waals surface area (Å²) in [5.41, 5.74) is 0.732. The number of fused-ring (bicyclic) bond motifs is 3. The van der Waals surface area contributed by atoms with Gasteiger partial charge in [-0.2, -0.15) is 0 Å². The molecule has 9 heteroatoms. The first-order valence-corrected chi connectivity index (χ1v) is 11.6. The van der Waals surface area contributed by atoms with Gasteiger partial charge in [0, 0.05) is 53.9 Å². The van der Waals surface area contributed by atoms with Gasteiger partial charge in [-0.05, 0) is 38.8 Å². The summed E-state index contributed by atoms with van der Waals surface area (Å²) in [5.74, 6) is -1.66. The van der Waals surface area contributed by atoms with Gasteiger partial charge in [-0.3, -0.25) is 4.90 Å². The van der Waals surface area contributed by atoms with Crippen molar-refractivity contribution < 1.29 is 27.8 Å². The van der Waals surface area contributed by atoms with Crippen molar-refractivity contribution in [2.45, 2.75) is 44.9 Å². The lowest BCUT2D eigenvalue weighted by molar-refractivity contribution is 0.0642. The number of benzene rings is 2. The molecule has 2 atom stereocenters. The van der Waals surface area contributed by atoms with Crippen LogP contribution in [0.5, 0.6) is 5.75 Å². The van der Waals surface area contributed by atoms with Gasteiger partial charge in [0.15, 0.2) is 0 Å². The van der Waals surface area contributed by atoms with Crippen LogP contribution in [0.4, 0.5) is 18.0 Å². The molecule has 1 amide bonds. The second-order valence-corrected chi connectivity index (χ2v) is 9.76. The van der Waals surface area contributed by atoms with E-state index in [1.54, 1.807) is 0 Å². The zero-order valence-corrected chi connectivity index (χ0v) is 20.2. The van der Waals surface area contributed by atoms with E-state index in [-0.39, 0.29) is 37.1 Å². The Labute approximate surface area is 202 Å². The summed E-state index contributed by atoms with van der Waals surface area (Å²) in [4.78, 5) is 17.1. The lowest BCUT2D eigenvalue weighted by Gasteiger charge is -2.43. The number of H-pyrrole nitrogens is 1. The van der Waals surface area contributed by atoms with E-state index in [9.17, 15) is 9.18 Å². The van der Waals surface area contributed by atoms with Crippen LogP contribution in [-0.4, -0.2) is 64.4 Å². The number of nitrogens with zero attached hydrogens (tertiary/aromatic N) is 2. The molecule has 1 aliphatic heterocycles. The number of carbonyl (C=O) groups is 1. The first kappa shape index (κ1) is 24.9. The van der Waals surface area contributed by atoms with Crippen molar-refractivity contribution in [2.24, 2.45) is 0 Å². The van der Waals surface area contributed by atoms with Crippen molar-refractivity contribution in [3.63, 3.8) is 0 Å². The molecule has 188 valence electrons. The summed E-state index contributed by atoms with van der Waals surface area (Å²) in [6, 6.07) is 8.87. The van der Waals surface area contributed by atoms with Crippen molar-refractivity contribution in [2.75, 3.05) is 26.7 Å². The molecule has 2 aromatic carbocycles. The largest absolute Gasteiger partial charge is 0.492 e. The van der Waals surface area contributed by atoms with E-state index >= 15 is 8.78 Å². The number of nitrogens with one attached hydrogen (secondary N) is 1. The number of likely N-dealkylation sites (N-methyl/N-ethyl adjacent to an activating group) is 1. The lowest BCUT2D eigenvalue weighted by Crippen LogP contribution is -2.48. The van der Waals surface area contributed by atoms with Crippen molar-refractivity contribution in [1.29, 1.82) is 0 Å². The molecule has 1 aliphatic rings. The molecular weight excluding hydrogens is 459 g/mol. The molecule has 35 heavy (non-hydrogen) atoms. The van der Waals surface area contributed by atoms with Crippen LogP contribution in [0.25, 0.3) is 10.9 Å². The Morgan fingerprint density at radius 3 is 2.54 bits per heavy atom. The first-order valence-electron chi connectivity index (χ1n) is 11.6. The Morgan fingerprint density at radius 2 is 1.91 bits per heavy atom. The number of ether oxygens (including phenoxy) is 1. The molecule has 2 N–H and O–H groups in total. The Balaban J connectivity index is 1.75. The fraction of sp³-hybridized carbons (Fsp3) is 0.423. The summed E-state index contributed by atoms with van der Waals surface area (Å²) in [6.45, 7) is 4.82. The second-order valence-electron chi connectivity index (χ2n) is 9.76. The van der Waals surface area contributed by atoms with Gasteiger partial charge < -0.3 is 19.7 Å². The normalized spacial score (nSPS) is 18.5. The van der Waals surface area contributed by atoms with Gasteiger partial charge in [-0.25, -0.2) is 18.0 Å². The number of aromatic amines is 1. The lowest BCUT2D eigenvalue weighted by atomic mass is 9.87. The molecule has 0 fully saturated rings. The van der Waals surface area contributed by atoms with Gasteiger partial charge in [0.1, 0.15) is 29.7 Å². The summed E-state index contributed by atoms with van der Waals surface area (Å²) in [5, 5.41) is 9.91. The van der Waals surface area contributed by atoms with Crippen LogP contribution in [0.1, 0.15) is 43.6 Å². The number of halogens is 3. The van der Waals surface area contributed by atoms with Crippen LogP contribution < -0.4 is 4.74 Å². The van der Waals surface area contributed by atoms with E-state index < -0.39 is 29.4 Å². The molecule has 0 spiro atoms.